The zero-order valence-corrected chi connectivity index (χ0v) is 15.2. The van der Waals surface area contributed by atoms with E-state index in [1.807, 2.05) is 0 Å². The Morgan fingerprint density at radius 3 is 2.56 bits per heavy atom. The highest BCUT2D eigenvalue weighted by Gasteiger charge is 2.60. The van der Waals surface area contributed by atoms with E-state index in [0.717, 1.165) is 19.3 Å². The minimum Gasteiger partial charge on any atom is -0.390 e. The van der Waals surface area contributed by atoms with Crippen molar-refractivity contribution in [1.82, 2.24) is 10.2 Å². The van der Waals surface area contributed by atoms with Gasteiger partial charge in [-0.1, -0.05) is 29.8 Å². The summed E-state index contributed by atoms with van der Waals surface area (Å²) < 4.78 is 0. The average molecular weight is 340 g/mol. The van der Waals surface area contributed by atoms with Crippen molar-refractivity contribution < 1.29 is 9.90 Å². The normalized spacial score (nSPS) is 45.1. The fraction of sp³-hybridized carbons (Fsp3) is 0.667. The number of amides is 2. The van der Waals surface area contributed by atoms with Gasteiger partial charge < -0.3 is 15.3 Å². The molecule has 1 aromatic carbocycles. The third-order valence-electron chi connectivity index (χ3n) is 7.46. The molecule has 1 saturated heterocycles. The third-order valence-corrected chi connectivity index (χ3v) is 7.46. The van der Waals surface area contributed by atoms with Crippen LogP contribution in [-0.2, 0) is 5.54 Å². The van der Waals surface area contributed by atoms with Crippen LogP contribution in [0.25, 0.3) is 0 Å². The number of hydrogen-bond donors (Lipinski definition) is 2. The Balaban J connectivity index is 1.54. The molecule has 134 valence electrons. The van der Waals surface area contributed by atoms with Crippen LogP contribution in [0.15, 0.2) is 24.3 Å². The Morgan fingerprint density at radius 2 is 1.92 bits per heavy atom. The summed E-state index contributed by atoms with van der Waals surface area (Å²) in [5.41, 5.74) is 1.70. The van der Waals surface area contributed by atoms with Crippen LogP contribution < -0.4 is 5.32 Å². The van der Waals surface area contributed by atoms with Crippen LogP contribution in [0.4, 0.5) is 4.79 Å². The molecule has 2 N–H and O–H groups in total. The van der Waals surface area contributed by atoms with Gasteiger partial charge in [0.1, 0.15) is 0 Å². The SMILES string of the molecule is Cc1cccc(C2(C)CNC(=O)N2C2C3CC4CC2CC(O)(C4)C3)c1. The Labute approximate surface area is 149 Å². The molecule has 4 heteroatoms. The lowest BCUT2D eigenvalue weighted by molar-refractivity contribution is -0.160. The molecular formula is C21H28N2O2. The largest absolute Gasteiger partial charge is 0.390 e. The molecule has 3 atom stereocenters. The average Bonchev–Trinajstić information content (AvgIpc) is 2.83. The van der Waals surface area contributed by atoms with E-state index in [1.54, 1.807) is 0 Å². The maximum Gasteiger partial charge on any atom is 0.318 e. The topological polar surface area (TPSA) is 52.6 Å². The number of benzene rings is 1. The van der Waals surface area contributed by atoms with Crippen LogP contribution in [0.1, 0.15) is 50.2 Å². The van der Waals surface area contributed by atoms with E-state index >= 15 is 0 Å². The molecule has 2 amide bonds. The van der Waals surface area contributed by atoms with Gasteiger partial charge in [0.05, 0.1) is 11.1 Å². The van der Waals surface area contributed by atoms with Gasteiger partial charge in [-0.2, -0.15) is 0 Å². The minimum absolute atomic E-state index is 0.0773. The van der Waals surface area contributed by atoms with Gasteiger partial charge in [0.25, 0.3) is 0 Å². The highest BCUT2D eigenvalue weighted by atomic mass is 16.3. The molecule has 5 aliphatic rings. The lowest BCUT2D eigenvalue weighted by atomic mass is 9.51. The van der Waals surface area contributed by atoms with Crippen molar-refractivity contribution in [3.8, 4) is 0 Å². The quantitative estimate of drug-likeness (QED) is 0.869. The fourth-order valence-corrected chi connectivity index (χ4v) is 6.70. The van der Waals surface area contributed by atoms with Gasteiger partial charge in [-0.25, -0.2) is 4.79 Å². The molecule has 1 aromatic rings. The molecule has 4 bridgehead atoms. The molecule has 0 radical (unpaired) electrons. The summed E-state index contributed by atoms with van der Waals surface area (Å²) >= 11 is 0. The zero-order chi connectivity index (χ0) is 17.4. The van der Waals surface area contributed by atoms with E-state index in [4.69, 9.17) is 0 Å². The van der Waals surface area contributed by atoms with Gasteiger partial charge in [-0.05, 0) is 69.3 Å². The summed E-state index contributed by atoms with van der Waals surface area (Å²) in [6.07, 6.45) is 5.08. The summed E-state index contributed by atoms with van der Waals surface area (Å²) in [5, 5.41) is 14.0. The van der Waals surface area contributed by atoms with Crippen molar-refractivity contribution in [2.24, 2.45) is 17.8 Å². The van der Waals surface area contributed by atoms with Gasteiger partial charge in [0.2, 0.25) is 0 Å². The second kappa shape index (κ2) is 5.00. The number of carbonyl (C=O) groups excluding carboxylic acids is 1. The summed E-state index contributed by atoms with van der Waals surface area (Å²) in [7, 11) is 0. The summed E-state index contributed by atoms with van der Waals surface area (Å²) in [6, 6.07) is 8.93. The van der Waals surface area contributed by atoms with Gasteiger partial charge in [-0.3, -0.25) is 0 Å². The molecule has 5 fully saturated rings. The summed E-state index contributed by atoms with van der Waals surface area (Å²) in [5.74, 6) is 1.56. The molecule has 25 heavy (non-hydrogen) atoms. The second-order valence-electron chi connectivity index (χ2n) is 9.36. The first-order valence-corrected chi connectivity index (χ1v) is 9.75. The van der Waals surface area contributed by atoms with Crippen LogP contribution in [0.5, 0.6) is 0 Å². The van der Waals surface area contributed by atoms with Crippen molar-refractivity contribution in [2.75, 3.05) is 6.54 Å². The van der Waals surface area contributed by atoms with Crippen LogP contribution >= 0.6 is 0 Å². The van der Waals surface area contributed by atoms with E-state index < -0.39 is 5.60 Å². The number of aliphatic hydroxyl groups is 1. The fourth-order valence-electron chi connectivity index (χ4n) is 6.70. The maximum absolute atomic E-state index is 12.9. The molecule has 1 heterocycles. The molecule has 0 spiro atoms. The highest BCUT2D eigenvalue weighted by molar-refractivity contribution is 5.79. The number of rotatable bonds is 2. The van der Waals surface area contributed by atoms with E-state index in [2.05, 4.69) is 48.3 Å². The first-order chi connectivity index (χ1) is 11.9. The molecular weight excluding hydrogens is 312 g/mol. The van der Waals surface area contributed by atoms with Crippen molar-refractivity contribution in [2.45, 2.75) is 63.1 Å². The van der Waals surface area contributed by atoms with E-state index in [-0.39, 0.29) is 17.6 Å². The summed E-state index contributed by atoms with van der Waals surface area (Å²) in [4.78, 5) is 15.1. The molecule has 3 unspecified atom stereocenters. The van der Waals surface area contributed by atoms with Crippen LogP contribution in [0, 0.1) is 24.7 Å². The number of nitrogens with zero attached hydrogens (tertiary/aromatic N) is 1. The Hall–Kier alpha value is -1.55. The van der Waals surface area contributed by atoms with Crippen molar-refractivity contribution in [3.63, 3.8) is 0 Å². The van der Waals surface area contributed by atoms with E-state index in [9.17, 15) is 9.90 Å². The highest BCUT2D eigenvalue weighted by Crippen LogP contribution is 2.58. The van der Waals surface area contributed by atoms with E-state index in [1.165, 1.54) is 24.0 Å². The van der Waals surface area contributed by atoms with Gasteiger partial charge >= 0.3 is 6.03 Å². The van der Waals surface area contributed by atoms with Crippen LogP contribution in [-0.4, -0.2) is 34.2 Å². The standard InChI is InChI=1S/C21H28N2O2/c1-13-4-3-5-17(6-13)20(2)12-22-19(24)23(20)18-15-7-14-8-16(18)11-21(25,9-14)10-15/h3-6,14-16,18,25H,7-12H2,1-2H3,(H,22,24). The molecule has 4 nitrogen and oxygen atoms in total. The number of nitrogens with one attached hydrogen (secondary N) is 1. The predicted octanol–water partition coefficient (Wildman–Crippen LogP) is 3.18. The molecule has 0 aromatic heterocycles. The van der Waals surface area contributed by atoms with Gasteiger partial charge in [-0.15, -0.1) is 0 Å². The Morgan fingerprint density at radius 1 is 1.20 bits per heavy atom. The lowest BCUT2D eigenvalue weighted by Gasteiger charge is -2.61. The molecule has 1 aliphatic heterocycles. The van der Waals surface area contributed by atoms with Gasteiger partial charge in [0, 0.05) is 12.6 Å². The lowest BCUT2D eigenvalue weighted by Crippen LogP contribution is -2.64. The van der Waals surface area contributed by atoms with Gasteiger partial charge in [0.15, 0.2) is 0 Å². The first kappa shape index (κ1) is 15.7. The van der Waals surface area contributed by atoms with Crippen LogP contribution in [0.2, 0.25) is 0 Å². The van der Waals surface area contributed by atoms with E-state index in [0.29, 0.717) is 24.3 Å². The third kappa shape index (κ3) is 2.19. The number of carbonyl (C=O) groups is 1. The number of hydrogen-bond acceptors (Lipinski definition) is 2. The van der Waals surface area contributed by atoms with Crippen molar-refractivity contribution in [1.29, 1.82) is 0 Å². The molecule has 4 aliphatic carbocycles. The summed E-state index contributed by atoms with van der Waals surface area (Å²) in [6.45, 7) is 4.98. The Bertz CT molecular complexity index is 716. The predicted molar refractivity (Wildman–Crippen MR) is 96.1 cm³/mol. The number of aryl methyl sites for hydroxylation is 1. The first-order valence-electron chi connectivity index (χ1n) is 9.75. The molecule has 4 saturated carbocycles. The van der Waals surface area contributed by atoms with Crippen LogP contribution in [0.3, 0.4) is 0 Å². The molecule has 6 rings (SSSR count). The monoisotopic (exact) mass is 340 g/mol. The number of urea groups is 1. The minimum atomic E-state index is -0.455. The smallest absolute Gasteiger partial charge is 0.318 e. The second-order valence-corrected chi connectivity index (χ2v) is 9.36. The van der Waals surface area contributed by atoms with Crippen molar-refractivity contribution in [3.05, 3.63) is 35.4 Å². The Kier molecular flexibility index (Phi) is 3.14. The maximum atomic E-state index is 12.9. The zero-order valence-electron chi connectivity index (χ0n) is 15.2. The van der Waals surface area contributed by atoms with Crippen molar-refractivity contribution >= 4 is 6.03 Å².